The van der Waals surface area contributed by atoms with E-state index in [9.17, 15) is 13.2 Å². The maximum absolute atomic E-state index is 12.7. The van der Waals surface area contributed by atoms with Gasteiger partial charge in [-0.2, -0.15) is 0 Å². The summed E-state index contributed by atoms with van der Waals surface area (Å²) in [6, 6.07) is 9.86. The van der Waals surface area contributed by atoms with Crippen LogP contribution in [0.25, 0.3) is 11.0 Å². The molecule has 2 aromatic carbocycles. The lowest BCUT2D eigenvalue weighted by Crippen LogP contribution is -2.21. The van der Waals surface area contributed by atoms with Crippen molar-refractivity contribution in [1.29, 1.82) is 0 Å². The van der Waals surface area contributed by atoms with Gasteiger partial charge in [-0.1, -0.05) is 17.4 Å². The predicted molar refractivity (Wildman–Crippen MR) is 124 cm³/mol. The molecular formula is C21H20N4O5S2. The Morgan fingerprint density at radius 2 is 2.06 bits per heavy atom. The molecular weight excluding hydrogens is 452 g/mol. The molecule has 0 fully saturated rings. The number of nitrogen functional groups attached to an aromatic ring is 1. The Bertz CT molecular complexity index is 1450. The van der Waals surface area contributed by atoms with Gasteiger partial charge in [-0.25, -0.2) is 22.9 Å². The van der Waals surface area contributed by atoms with Crippen molar-refractivity contribution in [2.45, 2.75) is 18.4 Å². The third kappa shape index (κ3) is 4.17. The molecule has 9 nitrogen and oxygen atoms in total. The molecule has 0 saturated carbocycles. The summed E-state index contributed by atoms with van der Waals surface area (Å²) in [4.78, 5) is 16.7. The van der Waals surface area contributed by atoms with Crippen molar-refractivity contribution < 1.29 is 17.6 Å². The van der Waals surface area contributed by atoms with E-state index in [0.29, 0.717) is 27.8 Å². The lowest BCUT2D eigenvalue weighted by Gasteiger charge is -2.14. The molecule has 166 valence electrons. The first-order valence-electron chi connectivity index (χ1n) is 9.50. The zero-order chi connectivity index (χ0) is 22.9. The molecule has 0 saturated heterocycles. The summed E-state index contributed by atoms with van der Waals surface area (Å²) >= 11 is 1.36. The summed E-state index contributed by atoms with van der Waals surface area (Å²) in [5.74, 6) is 0.510. The van der Waals surface area contributed by atoms with Gasteiger partial charge in [0.05, 0.1) is 16.9 Å². The van der Waals surface area contributed by atoms with Crippen LogP contribution in [0.15, 0.2) is 62.1 Å². The molecule has 0 aliphatic heterocycles. The first-order chi connectivity index (χ1) is 15.3. The van der Waals surface area contributed by atoms with Gasteiger partial charge in [0.1, 0.15) is 16.2 Å². The number of ether oxygens (including phenoxy) is 1. The van der Waals surface area contributed by atoms with Gasteiger partial charge in [-0.15, -0.1) is 0 Å². The minimum Gasteiger partial charge on any atom is -0.431 e. The number of nitrogens with one attached hydrogen (secondary N) is 2. The van der Waals surface area contributed by atoms with Crippen molar-refractivity contribution in [1.82, 2.24) is 9.71 Å². The molecule has 0 radical (unpaired) electrons. The van der Waals surface area contributed by atoms with Crippen molar-refractivity contribution in [2.24, 2.45) is 0 Å². The standard InChI is InChI=1S/C21H20N4O5S2/c1-12-14-7-6-13(29-21-24-8-9-31-21)10-17(14)30-20(26)15(12)11-25-16-4-3-5-18(19(16)22)32(27,28)23-2/h3-10,23,25H,11,22H2,1-2H3. The summed E-state index contributed by atoms with van der Waals surface area (Å²) in [6.45, 7) is 1.93. The molecule has 2 aromatic heterocycles. The first-order valence-corrected chi connectivity index (χ1v) is 11.9. The summed E-state index contributed by atoms with van der Waals surface area (Å²) in [5, 5.41) is 6.09. The Morgan fingerprint density at radius 1 is 1.25 bits per heavy atom. The molecule has 0 aliphatic carbocycles. The second-order valence-corrected chi connectivity index (χ2v) is 9.54. The van der Waals surface area contributed by atoms with Gasteiger partial charge in [-0.05, 0) is 43.8 Å². The smallest absolute Gasteiger partial charge is 0.341 e. The van der Waals surface area contributed by atoms with Crippen molar-refractivity contribution in [3.8, 4) is 10.9 Å². The van der Waals surface area contributed by atoms with Gasteiger partial charge in [0, 0.05) is 29.6 Å². The maximum atomic E-state index is 12.7. The summed E-state index contributed by atoms with van der Waals surface area (Å²) in [7, 11) is -2.40. The Hall–Kier alpha value is -3.41. The summed E-state index contributed by atoms with van der Waals surface area (Å²) < 4.78 is 37.7. The summed E-state index contributed by atoms with van der Waals surface area (Å²) in [5.41, 5.74) is 7.54. The van der Waals surface area contributed by atoms with E-state index in [-0.39, 0.29) is 17.1 Å². The minimum absolute atomic E-state index is 0.0416. The monoisotopic (exact) mass is 472 g/mol. The second-order valence-electron chi connectivity index (χ2n) is 6.83. The highest BCUT2D eigenvalue weighted by Gasteiger charge is 2.18. The van der Waals surface area contributed by atoms with E-state index in [0.717, 1.165) is 10.9 Å². The third-order valence-electron chi connectivity index (χ3n) is 4.95. The van der Waals surface area contributed by atoms with Crippen LogP contribution in [0.2, 0.25) is 0 Å². The molecule has 2 heterocycles. The number of benzene rings is 2. The molecule has 32 heavy (non-hydrogen) atoms. The van der Waals surface area contributed by atoms with Crippen molar-refractivity contribution in [3.63, 3.8) is 0 Å². The molecule has 11 heteroatoms. The highest BCUT2D eigenvalue weighted by atomic mass is 32.2. The Labute approximate surface area is 187 Å². The zero-order valence-corrected chi connectivity index (χ0v) is 18.8. The molecule has 0 unspecified atom stereocenters. The molecule has 0 aliphatic rings. The number of para-hydroxylation sites is 1. The van der Waals surface area contributed by atoms with E-state index in [1.165, 1.54) is 24.5 Å². The number of hydrogen-bond acceptors (Lipinski definition) is 9. The number of nitrogens with two attached hydrogens (primary N) is 1. The highest BCUT2D eigenvalue weighted by molar-refractivity contribution is 7.89. The van der Waals surface area contributed by atoms with E-state index in [4.69, 9.17) is 14.9 Å². The lowest BCUT2D eigenvalue weighted by atomic mass is 10.1. The van der Waals surface area contributed by atoms with Gasteiger partial charge in [0.25, 0.3) is 5.19 Å². The topological polar surface area (TPSA) is 137 Å². The minimum atomic E-state index is -3.71. The first kappa shape index (κ1) is 21.8. The number of aromatic nitrogens is 1. The predicted octanol–water partition coefficient (Wildman–Crippen LogP) is 3.45. The lowest BCUT2D eigenvalue weighted by molar-refractivity contribution is 0.476. The molecule has 4 rings (SSSR count). The molecule has 0 amide bonds. The number of nitrogens with zero attached hydrogens (tertiary/aromatic N) is 1. The fourth-order valence-electron chi connectivity index (χ4n) is 3.23. The van der Waals surface area contributed by atoms with Gasteiger partial charge < -0.3 is 20.2 Å². The number of rotatable bonds is 7. The summed E-state index contributed by atoms with van der Waals surface area (Å²) in [6.07, 6.45) is 1.64. The maximum Gasteiger partial charge on any atom is 0.341 e. The molecule has 0 spiro atoms. The van der Waals surface area contributed by atoms with Crippen LogP contribution in [-0.4, -0.2) is 20.4 Å². The van der Waals surface area contributed by atoms with Gasteiger partial charge >= 0.3 is 5.63 Å². The van der Waals surface area contributed by atoms with Crippen LogP contribution in [0.3, 0.4) is 0 Å². The van der Waals surface area contributed by atoms with Gasteiger partial charge in [0.15, 0.2) is 0 Å². The second kappa shape index (κ2) is 8.61. The fourth-order valence-corrected chi connectivity index (χ4v) is 4.61. The van der Waals surface area contributed by atoms with Crippen LogP contribution in [-0.2, 0) is 16.6 Å². The van der Waals surface area contributed by atoms with Crippen LogP contribution in [0.5, 0.6) is 10.9 Å². The zero-order valence-electron chi connectivity index (χ0n) is 17.2. The van der Waals surface area contributed by atoms with Crippen LogP contribution in [0.4, 0.5) is 11.4 Å². The Kier molecular flexibility index (Phi) is 5.87. The van der Waals surface area contributed by atoms with Crippen molar-refractivity contribution in [3.05, 3.63) is 69.5 Å². The van der Waals surface area contributed by atoms with E-state index in [2.05, 4.69) is 15.0 Å². The van der Waals surface area contributed by atoms with Crippen LogP contribution < -0.4 is 26.1 Å². The number of hydrogen-bond donors (Lipinski definition) is 3. The van der Waals surface area contributed by atoms with Gasteiger partial charge in [-0.3, -0.25) is 0 Å². The van der Waals surface area contributed by atoms with E-state index in [1.807, 2.05) is 13.0 Å². The molecule has 4 N–H and O–H groups in total. The molecule has 0 atom stereocenters. The number of sulfonamides is 1. The molecule has 0 bridgehead atoms. The van der Waals surface area contributed by atoms with Gasteiger partial charge in [0.2, 0.25) is 10.0 Å². The van der Waals surface area contributed by atoms with Crippen molar-refractivity contribution in [2.75, 3.05) is 18.1 Å². The largest absolute Gasteiger partial charge is 0.431 e. The number of aryl methyl sites for hydroxylation is 1. The third-order valence-corrected chi connectivity index (χ3v) is 7.07. The SMILES string of the molecule is CNS(=O)(=O)c1cccc(NCc2c(C)c3ccc(Oc4nccs4)cc3oc2=O)c1N. The van der Waals surface area contributed by atoms with Crippen LogP contribution >= 0.6 is 11.3 Å². The number of thiazole rings is 1. The number of fused-ring (bicyclic) bond motifs is 1. The Morgan fingerprint density at radius 3 is 2.78 bits per heavy atom. The number of anilines is 2. The van der Waals surface area contributed by atoms with E-state index in [1.54, 1.807) is 35.8 Å². The van der Waals surface area contributed by atoms with Crippen LogP contribution in [0, 0.1) is 6.92 Å². The van der Waals surface area contributed by atoms with Crippen LogP contribution in [0.1, 0.15) is 11.1 Å². The molecule has 4 aromatic rings. The average Bonchev–Trinajstić information content (AvgIpc) is 3.27. The van der Waals surface area contributed by atoms with Crippen molar-refractivity contribution >= 4 is 43.7 Å². The van der Waals surface area contributed by atoms with E-state index < -0.39 is 15.6 Å². The quantitative estimate of drug-likeness (QED) is 0.275. The normalized spacial score (nSPS) is 11.6. The Balaban J connectivity index is 1.63. The highest BCUT2D eigenvalue weighted by Crippen LogP contribution is 2.30. The average molecular weight is 473 g/mol. The fraction of sp³-hybridized carbons (Fsp3) is 0.143. The van der Waals surface area contributed by atoms with E-state index >= 15 is 0 Å².